The van der Waals surface area contributed by atoms with Crippen LogP contribution in [0.25, 0.3) is 10.2 Å². The van der Waals surface area contributed by atoms with E-state index in [1.165, 1.54) is 18.4 Å². The molecule has 0 spiro atoms. The Morgan fingerprint density at radius 3 is 2.65 bits per heavy atom. The van der Waals surface area contributed by atoms with Crippen LogP contribution in [-0.2, 0) is 9.47 Å². The second-order valence-corrected chi connectivity index (χ2v) is 8.16. The highest BCUT2D eigenvalue weighted by atomic mass is 32.1. The number of aromatic nitrogens is 1. The second kappa shape index (κ2) is 9.45. The Kier molecular flexibility index (Phi) is 6.48. The zero-order valence-corrected chi connectivity index (χ0v) is 18.3. The lowest BCUT2D eigenvalue weighted by Gasteiger charge is -2.23. The molecule has 0 bridgehead atoms. The van der Waals surface area contributed by atoms with Crippen LogP contribution in [0.3, 0.4) is 0 Å². The predicted molar refractivity (Wildman–Crippen MR) is 119 cm³/mol. The molecule has 2 aromatic carbocycles. The van der Waals surface area contributed by atoms with Crippen LogP contribution in [0.15, 0.2) is 42.5 Å². The number of para-hydroxylation sites is 1. The number of hydrogen-bond donors (Lipinski definition) is 0. The van der Waals surface area contributed by atoms with Gasteiger partial charge in [-0.3, -0.25) is 9.69 Å². The number of amides is 1. The third-order valence-electron chi connectivity index (χ3n) is 5.11. The Morgan fingerprint density at radius 2 is 1.97 bits per heavy atom. The fourth-order valence-electron chi connectivity index (χ4n) is 3.56. The van der Waals surface area contributed by atoms with Gasteiger partial charge in [0.1, 0.15) is 11.3 Å². The molecule has 162 valence electrons. The average Bonchev–Trinajstić information content (AvgIpc) is 3.47. The SMILES string of the molecule is CCOc1cccc2sc(N(CC3CCCO3)C(=O)c3ccc(C(=O)OC)cc3)nc12. The van der Waals surface area contributed by atoms with E-state index in [0.29, 0.717) is 41.8 Å². The number of carbonyl (C=O) groups is 2. The maximum absolute atomic E-state index is 13.5. The Morgan fingerprint density at radius 1 is 1.19 bits per heavy atom. The summed E-state index contributed by atoms with van der Waals surface area (Å²) in [6.45, 7) is 3.59. The average molecular weight is 441 g/mol. The van der Waals surface area contributed by atoms with Gasteiger partial charge in [0, 0.05) is 12.2 Å². The molecule has 0 saturated carbocycles. The van der Waals surface area contributed by atoms with Gasteiger partial charge in [-0.15, -0.1) is 0 Å². The second-order valence-electron chi connectivity index (χ2n) is 7.15. The van der Waals surface area contributed by atoms with E-state index in [2.05, 4.69) is 0 Å². The number of fused-ring (bicyclic) bond motifs is 1. The van der Waals surface area contributed by atoms with Crippen molar-refractivity contribution in [3.63, 3.8) is 0 Å². The number of methoxy groups -OCH3 is 1. The van der Waals surface area contributed by atoms with Gasteiger partial charge in [0.05, 0.1) is 36.6 Å². The monoisotopic (exact) mass is 440 g/mol. The van der Waals surface area contributed by atoms with E-state index >= 15 is 0 Å². The molecule has 1 aliphatic heterocycles. The molecule has 1 unspecified atom stereocenters. The number of carbonyl (C=O) groups excluding carboxylic acids is 2. The van der Waals surface area contributed by atoms with Crippen LogP contribution >= 0.6 is 11.3 Å². The van der Waals surface area contributed by atoms with Gasteiger partial charge >= 0.3 is 5.97 Å². The Hall–Kier alpha value is -2.97. The van der Waals surface area contributed by atoms with Gasteiger partial charge in [-0.2, -0.15) is 0 Å². The number of nitrogens with zero attached hydrogens (tertiary/aromatic N) is 2. The summed E-state index contributed by atoms with van der Waals surface area (Å²) >= 11 is 1.45. The summed E-state index contributed by atoms with van der Waals surface area (Å²) in [6.07, 6.45) is 1.85. The van der Waals surface area contributed by atoms with Crippen LogP contribution in [0.4, 0.5) is 5.13 Å². The number of hydrogen-bond acceptors (Lipinski definition) is 7. The van der Waals surface area contributed by atoms with Crippen LogP contribution in [0.1, 0.15) is 40.5 Å². The number of rotatable bonds is 7. The van der Waals surface area contributed by atoms with Crippen LogP contribution in [0.5, 0.6) is 5.75 Å². The molecule has 1 saturated heterocycles. The number of ether oxygens (including phenoxy) is 3. The molecule has 2 heterocycles. The molecule has 1 atom stereocenters. The highest BCUT2D eigenvalue weighted by molar-refractivity contribution is 7.22. The molecule has 4 rings (SSSR count). The summed E-state index contributed by atoms with van der Waals surface area (Å²) in [5.41, 5.74) is 1.61. The van der Waals surface area contributed by atoms with E-state index < -0.39 is 5.97 Å². The summed E-state index contributed by atoms with van der Waals surface area (Å²) in [4.78, 5) is 31.6. The molecule has 0 aliphatic carbocycles. The van der Waals surface area contributed by atoms with Gasteiger partial charge < -0.3 is 14.2 Å². The fraction of sp³-hybridized carbons (Fsp3) is 0.348. The molecule has 0 radical (unpaired) electrons. The molecule has 1 aliphatic rings. The Labute approximate surface area is 184 Å². The van der Waals surface area contributed by atoms with Crippen molar-refractivity contribution < 1.29 is 23.8 Å². The topological polar surface area (TPSA) is 78.0 Å². The van der Waals surface area contributed by atoms with E-state index in [1.807, 2.05) is 25.1 Å². The predicted octanol–water partition coefficient (Wildman–Crippen LogP) is 4.31. The van der Waals surface area contributed by atoms with Crippen molar-refractivity contribution in [1.29, 1.82) is 0 Å². The first kappa shape index (κ1) is 21.3. The van der Waals surface area contributed by atoms with Crippen molar-refractivity contribution in [2.75, 3.05) is 31.8 Å². The third kappa shape index (κ3) is 4.55. The summed E-state index contributed by atoms with van der Waals surface area (Å²) < 4.78 is 17.2. The van der Waals surface area contributed by atoms with Crippen molar-refractivity contribution in [2.45, 2.75) is 25.9 Å². The molecule has 1 amide bonds. The summed E-state index contributed by atoms with van der Waals surface area (Å²) in [7, 11) is 1.33. The van der Waals surface area contributed by atoms with Crippen molar-refractivity contribution >= 4 is 38.6 Å². The van der Waals surface area contributed by atoms with Gasteiger partial charge in [-0.1, -0.05) is 17.4 Å². The Balaban J connectivity index is 1.68. The van der Waals surface area contributed by atoms with Crippen LogP contribution < -0.4 is 9.64 Å². The maximum Gasteiger partial charge on any atom is 0.337 e. The fourth-order valence-corrected chi connectivity index (χ4v) is 4.55. The van der Waals surface area contributed by atoms with E-state index in [4.69, 9.17) is 19.2 Å². The van der Waals surface area contributed by atoms with Gasteiger partial charge in [-0.25, -0.2) is 9.78 Å². The zero-order chi connectivity index (χ0) is 21.8. The lowest BCUT2D eigenvalue weighted by Crippen LogP contribution is -2.37. The lowest BCUT2D eigenvalue weighted by molar-refractivity contribution is 0.0600. The van der Waals surface area contributed by atoms with Crippen LogP contribution in [-0.4, -0.2) is 49.8 Å². The summed E-state index contributed by atoms with van der Waals surface area (Å²) in [5.74, 6) is 0.0724. The number of thiazole rings is 1. The minimum absolute atomic E-state index is 0.0309. The Bertz CT molecular complexity index is 1070. The molecular formula is C23H24N2O5S. The first-order valence-electron chi connectivity index (χ1n) is 10.2. The first-order valence-corrected chi connectivity index (χ1v) is 11.1. The molecule has 3 aromatic rings. The maximum atomic E-state index is 13.5. The molecule has 1 aromatic heterocycles. The third-order valence-corrected chi connectivity index (χ3v) is 6.15. The highest BCUT2D eigenvalue weighted by Crippen LogP contribution is 2.35. The van der Waals surface area contributed by atoms with E-state index in [-0.39, 0.29) is 12.0 Å². The van der Waals surface area contributed by atoms with Crippen molar-refractivity contribution in [1.82, 2.24) is 4.98 Å². The van der Waals surface area contributed by atoms with Gasteiger partial charge in [0.15, 0.2) is 5.13 Å². The smallest absolute Gasteiger partial charge is 0.337 e. The summed E-state index contributed by atoms with van der Waals surface area (Å²) in [5, 5.41) is 0.597. The zero-order valence-electron chi connectivity index (χ0n) is 17.5. The number of esters is 1. The van der Waals surface area contributed by atoms with Crippen LogP contribution in [0.2, 0.25) is 0 Å². The quantitative estimate of drug-likeness (QED) is 0.510. The summed E-state index contributed by atoms with van der Waals surface area (Å²) in [6, 6.07) is 12.2. The van der Waals surface area contributed by atoms with Crippen LogP contribution in [0, 0.1) is 0 Å². The van der Waals surface area contributed by atoms with Crippen molar-refractivity contribution in [3.05, 3.63) is 53.6 Å². The molecule has 8 heteroatoms. The van der Waals surface area contributed by atoms with Gasteiger partial charge in [-0.05, 0) is 56.2 Å². The number of anilines is 1. The van der Waals surface area contributed by atoms with E-state index in [9.17, 15) is 9.59 Å². The normalized spacial score (nSPS) is 15.7. The molecular weight excluding hydrogens is 416 g/mol. The molecule has 31 heavy (non-hydrogen) atoms. The van der Waals surface area contributed by atoms with Crippen molar-refractivity contribution in [2.24, 2.45) is 0 Å². The minimum atomic E-state index is -0.440. The lowest BCUT2D eigenvalue weighted by atomic mass is 10.1. The van der Waals surface area contributed by atoms with Crippen molar-refractivity contribution in [3.8, 4) is 5.75 Å². The largest absolute Gasteiger partial charge is 0.492 e. The highest BCUT2D eigenvalue weighted by Gasteiger charge is 2.27. The molecule has 7 nitrogen and oxygen atoms in total. The van der Waals surface area contributed by atoms with E-state index in [0.717, 1.165) is 23.1 Å². The van der Waals surface area contributed by atoms with E-state index in [1.54, 1.807) is 29.2 Å². The minimum Gasteiger partial charge on any atom is -0.492 e. The standard InChI is InChI=1S/C23H24N2O5S/c1-3-29-18-7-4-8-19-20(18)24-23(31-19)25(14-17-6-5-13-30-17)21(26)15-9-11-16(12-10-15)22(27)28-2/h4,7-12,17H,3,5-6,13-14H2,1-2H3. The number of benzene rings is 2. The molecule has 0 N–H and O–H groups in total. The van der Waals surface area contributed by atoms with Gasteiger partial charge in [0.25, 0.3) is 5.91 Å². The first-order chi connectivity index (χ1) is 15.1. The van der Waals surface area contributed by atoms with Gasteiger partial charge in [0.2, 0.25) is 0 Å². The molecule has 1 fully saturated rings.